The molecule has 0 aliphatic carbocycles. The Morgan fingerprint density at radius 1 is 1.23 bits per heavy atom. The van der Waals surface area contributed by atoms with Crippen molar-refractivity contribution in [3.05, 3.63) is 34.4 Å². The second-order valence-corrected chi connectivity index (χ2v) is 6.24. The van der Waals surface area contributed by atoms with Gasteiger partial charge in [-0.15, -0.1) is 15.3 Å². The number of H-pyrrole nitrogens is 2. The fourth-order valence-electron chi connectivity index (χ4n) is 1.99. The Hall–Kier alpha value is -3.65. The number of pyridine rings is 1. The molecule has 26 heavy (non-hydrogen) atoms. The van der Waals surface area contributed by atoms with Gasteiger partial charge in [-0.05, 0) is 18.2 Å². The van der Waals surface area contributed by atoms with Crippen molar-refractivity contribution >= 4 is 38.6 Å². The molecule has 2 heterocycles. The number of nitrogens with one attached hydrogen (secondary N) is 2. The van der Waals surface area contributed by atoms with Crippen LogP contribution in [0.3, 0.4) is 0 Å². The van der Waals surface area contributed by atoms with Gasteiger partial charge in [0.05, 0.1) is 10.4 Å². The standard InChI is InChI=1S/C12H8N6O7S/c19-8-5-3-4(26(23,24)25)1-2-6(5)13-10(20)7(8)15-17-12-14-9(11(21)22)16-18-12/h1-3H,(H,21,22)(H2,13,19,20)(H,14,16,18)(H,23,24,25). The van der Waals surface area contributed by atoms with Gasteiger partial charge >= 0.3 is 5.97 Å². The van der Waals surface area contributed by atoms with Crippen molar-refractivity contribution < 1.29 is 28.0 Å². The third kappa shape index (κ3) is 3.13. The monoisotopic (exact) mass is 380 g/mol. The number of carbonyl (C=O) groups is 1. The Balaban J connectivity index is 2.11. The van der Waals surface area contributed by atoms with Gasteiger partial charge in [0.2, 0.25) is 5.82 Å². The highest BCUT2D eigenvalue weighted by atomic mass is 32.2. The van der Waals surface area contributed by atoms with Crippen LogP contribution in [0.25, 0.3) is 10.9 Å². The maximum absolute atomic E-state index is 12.0. The molecule has 0 bridgehead atoms. The minimum absolute atomic E-state index is 0.0879. The SMILES string of the molecule is O=C(O)c1nc(N=Nc2c(O)c3cc(S(=O)(=O)O)ccc3[nH]c2=O)n[nH]1. The van der Waals surface area contributed by atoms with Crippen LogP contribution in [0, 0.1) is 0 Å². The molecule has 14 heteroatoms. The van der Waals surface area contributed by atoms with E-state index >= 15 is 0 Å². The maximum atomic E-state index is 12.0. The zero-order valence-electron chi connectivity index (χ0n) is 12.4. The molecule has 13 nitrogen and oxygen atoms in total. The van der Waals surface area contributed by atoms with E-state index in [9.17, 15) is 23.1 Å². The molecule has 3 aromatic rings. The van der Waals surface area contributed by atoms with Gasteiger partial charge in [0.25, 0.3) is 21.6 Å². The number of hydrogen-bond acceptors (Lipinski definition) is 9. The molecule has 0 spiro atoms. The Bertz CT molecular complexity index is 1230. The van der Waals surface area contributed by atoms with E-state index in [2.05, 4.69) is 30.4 Å². The summed E-state index contributed by atoms with van der Waals surface area (Å²) in [5, 5.41) is 31.2. The van der Waals surface area contributed by atoms with Crippen molar-refractivity contribution in [1.29, 1.82) is 0 Å². The number of carboxylic acids is 1. The summed E-state index contributed by atoms with van der Waals surface area (Å²) in [6.45, 7) is 0. The van der Waals surface area contributed by atoms with Crippen molar-refractivity contribution in [2.24, 2.45) is 10.2 Å². The van der Waals surface area contributed by atoms with Crippen LogP contribution in [-0.4, -0.2) is 49.3 Å². The molecule has 2 aromatic heterocycles. The quantitative estimate of drug-likeness (QED) is 0.318. The smallest absolute Gasteiger partial charge is 0.373 e. The maximum Gasteiger partial charge on any atom is 0.373 e. The van der Waals surface area contributed by atoms with Gasteiger partial charge in [-0.2, -0.15) is 13.4 Å². The Morgan fingerprint density at radius 2 is 1.96 bits per heavy atom. The average Bonchev–Trinajstić information content (AvgIpc) is 3.02. The lowest BCUT2D eigenvalue weighted by Gasteiger charge is -2.04. The van der Waals surface area contributed by atoms with E-state index in [0.29, 0.717) is 0 Å². The van der Waals surface area contributed by atoms with Gasteiger partial charge in [-0.25, -0.2) is 4.79 Å². The largest absolute Gasteiger partial charge is 0.505 e. The number of aromatic amines is 2. The first-order chi connectivity index (χ1) is 12.2. The number of aromatic carboxylic acids is 1. The number of hydrogen-bond donors (Lipinski definition) is 5. The Labute approximate surface area is 142 Å². The number of carboxylic acid groups (broad SMARTS) is 1. The highest BCUT2D eigenvalue weighted by molar-refractivity contribution is 7.85. The second kappa shape index (κ2) is 6.01. The Morgan fingerprint density at radius 3 is 2.58 bits per heavy atom. The summed E-state index contributed by atoms with van der Waals surface area (Å²) in [4.78, 5) is 28.0. The van der Waals surface area contributed by atoms with Crippen LogP contribution in [0.5, 0.6) is 5.75 Å². The first-order valence-corrected chi connectivity index (χ1v) is 8.05. The lowest BCUT2D eigenvalue weighted by molar-refractivity contribution is 0.0684. The summed E-state index contributed by atoms with van der Waals surface area (Å²) in [7, 11) is -4.53. The molecule has 0 saturated carbocycles. The fraction of sp³-hybridized carbons (Fsp3) is 0. The summed E-state index contributed by atoms with van der Waals surface area (Å²) in [6.07, 6.45) is 0. The first-order valence-electron chi connectivity index (χ1n) is 6.61. The van der Waals surface area contributed by atoms with E-state index < -0.39 is 49.8 Å². The number of benzene rings is 1. The van der Waals surface area contributed by atoms with Gasteiger partial charge in [0.15, 0.2) is 11.4 Å². The summed E-state index contributed by atoms with van der Waals surface area (Å²) in [6, 6.07) is 3.15. The van der Waals surface area contributed by atoms with Gasteiger partial charge in [0.1, 0.15) is 0 Å². The van der Waals surface area contributed by atoms with Crippen LogP contribution in [0.2, 0.25) is 0 Å². The zero-order chi connectivity index (χ0) is 19.1. The van der Waals surface area contributed by atoms with Crippen molar-refractivity contribution in [3.63, 3.8) is 0 Å². The topological polar surface area (TPSA) is 211 Å². The number of fused-ring (bicyclic) bond motifs is 1. The van der Waals surface area contributed by atoms with Crippen molar-refractivity contribution in [3.8, 4) is 5.75 Å². The average molecular weight is 380 g/mol. The van der Waals surface area contributed by atoms with Gasteiger partial charge in [-0.1, -0.05) is 0 Å². The number of nitrogens with zero attached hydrogens (tertiary/aromatic N) is 4. The molecule has 0 atom stereocenters. The van der Waals surface area contributed by atoms with Gasteiger partial charge in [-0.3, -0.25) is 14.4 Å². The molecule has 0 fully saturated rings. The molecule has 0 unspecified atom stereocenters. The summed E-state index contributed by atoms with van der Waals surface area (Å²) < 4.78 is 31.5. The van der Waals surface area contributed by atoms with Gasteiger partial charge in [0, 0.05) is 5.39 Å². The molecule has 0 saturated heterocycles. The first kappa shape index (κ1) is 17.2. The van der Waals surface area contributed by atoms with E-state index in [1.54, 1.807) is 0 Å². The molecule has 5 N–H and O–H groups in total. The molecular formula is C12H8N6O7S. The van der Waals surface area contributed by atoms with Crippen LogP contribution in [-0.2, 0) is 10.1 Å². The highest BCUT2D eigenvalue weighted by Crippen LogP contribution is 2.32. The molecule has 0 amide bonds. The Kier molecular flexibility index (Phi) is 3.97. The van der Waals surface area contributed by atoms with Crippen molar-refractivity contribution in [2.75, 3.05) is 0 Å². The highest BCUT2D eigenvalue weighted by Gasteiger charge is 2.16. The molecule has 0 aliphatic rings. The normalized spacial score (nSPS) is 12.0. The van der Waals surface area contributed by atoms with E-state index in [1.807, 2.05) is 0 Å². The van der Waals surface area contributed by atoms with E-state index in [-0.39, 0.29) is 10.9 Å². The molecule has 134 valence electrons. The number of aromatic hydroxyl groups is 1. The van der Waals surface area contributed by atoms with E-state index in [0.717, 1.165) is 12.1 Å². The van der Waals surface area contributed by atoms with Crippen LogP contribution < -0.4 is 5.56 Å². The molecule has 0 aliphatic heterocycles. The van der Waals surface area contributed by atoms with Crippen molar-refractivity contribution in [1.82, 2.24) is 20.2 Å². The lowest BCUT2D eigenvalue weighted by Crippen LogP contribution is -2.06. The van der Waals surface area contributed by atoms with Crippen molar-refractivity contribution in [2.45, 2.75) is 4.90 Å². The minimum atomic E-state index is -4.53. The van der Waals surface area contributed by atoms with Crippen LogP contribution in [0.4, 0.5) is 11.6 Å². The van der Waals surface area contributed by atoms with Crippen LogP contribution in [0.1, 0.15) is 10.6 Å². The third-order valence-electron chi connectivity index (χ3n) is 3.15. The van der Waals surface area contributed by atoms with E-state index in [4.69, 9.17) is 9.66 Å². The van der Waals surface area contributed by atoms with Crippen LogP contribution >= 0.6 is 0 Å². The summed E-state index contributed by atoms with van der Waals surface area (Å²) in [5.41, 5.74) is -1.36. The second-order valence-electron chi connectivity index (χ2n) is 4.82. The number of aromatic nitrogens is 4. The fourth-order valence-corrected chi connectivity index (χ4v) is 2.49. The molecule has 3 rings (SSSR count). The van der Waals surface area contributed by atoms with Gasteiger partial charge < -0.3 is 15.2 Å². The van der Waals surface area contributed by atoms with Crippen LogP contribution in [0.15, 0.2) is 38.1 Å². The minimum Gasteiger partial charge on any atom is -0.505 e. The molecular weight excluding hydrogens is 372 g/mol. The predicted molar refractivity (Wildman–Crippen MR) is 83.6 cm³/mol. The van der Waals surface area contributed by atoms with E-state index in [1.165, 1.54) is 6.07 Å². The molecule has 0 radical (unpaired) electrons. The molecule has 1 aromatic carbocycles. The predicted octanol–water partition coefficient (Wildman–Crippen LogP) is 0.712. The third-order valence-corrected chi connectivity index (χ3v) is 4.00. The number of azo groups is 1. The summed E-state index contributed by atoms with van der Waals surface area (Å²) in [5.74, 6) is -3.00. The number of rotatable bonds is 4. The zero-order valence-corrected chi connectivity index (χ0v) is 13.2. The summed E-state index contributed by atoms with van der Waals surface area (Å²) >= 11 is 0. The lowest BCUT2D eigenvalue weighted by atomic mass is 10.2.